The van der Waals surface area contributed by atoms with Crippen LogP contribution in [0.1, 0.15) is 29.0 Å². The topological polar surface area (TPSA) is 114 Å². The lowest BCUT2D eigenvalue weighted by Gasteiger charge is -2.13. The standard InChI is InChI=1S/C25H23FN6O3/c1-27-25(34)17-10-28-23(31-24(33)13-5-6-13)22-16(17)9-18(30-22)14-3-2-4-15(21(14)26)19-11-32-7-8-35-12-20(32)29-19/h2-4,9-11,13,30H,5-8,12H2,1H3,(H,27,34)(H,28,31,33). The number of hydrogen-bond acceptors (Lipinski definition) is 5. The van der Waals surface area contributed by atoms with Gasteiger partial charge in [0.2, 0.25) is 5.91 Å². The van der Waals surface area contributed by atoms with Gasteiger partial charge >= 0.3 is 0 Å². The van der Waals surface area contributed by atoms with E-state index >= 15 is 4.39 Å². The molecule has 2 amide bonds. The Morgan fingerprint density at radius 3 is 2.86 bits per heavy atom. The second-order valence-electron chi connectivity index (χ2n) is 8.79. The molecule has 4 aromatic rings. The summed E-state index contributed by atoms with van der Waals surface area (Å²) in [5, 5.41) is 5.99. The lowest BCUT2D eigenvalue weighted by atomic mass is 10.0. The average molecular weight is 474 g/mol. The number of amides is 2. The summed E-state index contributed by atoms with van der Waals surface area (Å²) in [4.78, 5) is 36.9. The Morgan fingerprint density at radius 1 is 1.26 bits per heavy atom. The van der Waals surface area contributed by atoms with Crippen molar-refractivity contribution in [2.45, 2.75) is 26.0 Å². The molecule has 3 aromatic heterocycles. The van der Waals surface area contributed by atoms with Gasteiger partial charge in [-0.3, -0.25) is 9.59 Å². The largest absolute Gasteiger partial charge is 0.372 e. The van der Waals surface area contributed by atoms with Crippen molar-refractivity contribution in [1.82, 2.24) is 24.8 Å². The number of aromatic nitrogens is 4. The molecule has 0 atom stereocenters. The fourth-order valence-corrected chi connectivity index (χ4v) is 4.39. The lowest BCUT2D eigenvalue weighted by Crippen LogP contribution is -2.19. The molecule has 1 saturated carbocycles. The molecule has 10 heteroatoms. The molecule has 3 N–H and O–H groups in total. The molecule has 0 bridgehead atoms. The van der Waals surface area contributed by atoms with Crippen molar-refractivity contribution in [2.24, 2.45) is 5.92 Å². The number of anilines is 1. The number of nitrogens with zero attached hydrogens (tertiary/aromatic N) is 3. The summed E-state index contributed by atoms with van der Waals surface area (Å²) in [6, 6.07) is 6.83. The molecular formula is C25H23FN6O3. The Labute approximate surface area is 199 Å². The molecule has 0 spiro atoms. The van der Waals surface area contributed by atoms with E-state index in [0.29, 0.717) is 64.6 Å². The molecule has 1 aliphatic carbocycles. The summed E-state index contributed by atoms with van der Waals surface area (Å²) >= 11 is 0. The zero-order valence-corrected chi connectivity index (χ0v) is 19.0. The molecule has 0 unspecified atom stereocenters. The fourth-order valence-electron chi connectivity index (χ4n) is 4.39. The Kier molecular flexibility index (Phi) is 5.10. The highest BCUT2D eigenvalue weighted by Crippen LogP contribution is 2.36. The van der Waals surface area contributed by atoms with E-state index < -0.39 is 5.82 Å². The van der Waals surface area contributed by atoms with Gasteiger partial charge < -0.3 is 24.9 Å². The molecule has 1 aromatic carbocycles. The number of rotatable bonds is 5. The summed E-state index contributed by atoms with van der Waals surface area (Å²) in [5.41, 5.74) is 2.48. The Bertz CT molecular complexity index is 1460. The second-order valence-corrected chi connectivity index (χ2v) is 8.79. The van der Waals surface area contributed by atoms with Crippen LogP contribution in [0.4, 0.5) is 10.2 Å². The predicted molar refractivity (Wildman–Crippen MR) is 127 cm³/mol. The number of pyridine rings is 1. The van der Waals surface area contributed by atoms with Crippen LogP contribution in [0, 0.1) is 11.7 Å². The van der Waals surface area contributed by atoms with E-state index in [4.69, 9.17) is 4.74 Å². The molecule has 1 aliphatic heterocycles. The van der Waals surface area contributed by atoms with E-state index in [1.807, 2.05) is 10.8 Å². The lowest BCUT2D eigenvalue weighted by molar-refractivity contribution is -0.117. The maximum absolute atomic E-state index is 15.8. The number of imidazole rings is 1. The van der Waals surface area contributed by atoms with E-state index in [2.05, 4.69) is 25.6 Å². The third-order valence-electron chi connectivity index (χ3n) is 6.46. The van der Waals surface area contributed by atoms with Crippen molar-refractivity contribution < 1.29 is 18.7 Å². The first-order chi connectivity index (χ1) is 17.0. The highest BCUT2D eigenvalue weighted by atomic mass is 19.1. The van der Waals surface area contributed by atoms with Crippen LogP contribution in [-0.4, -0.2) is 45.0 Å². The monoisotopic (exact) mass is 474 g/mol. The van der Waals surface area contributed by atoms with Crippen molar-refractivity contribution >= 4 is 28.5 Å². The number of fused-ring (bicyclic) bond motifs is 2. The van der Waals surface area contributed by atoms with Gasteiger partial charge in [-0.1, -0.05) is 6.07 Å². The van der Waals surface area contributed by atoms with E-state index in [-0.39, 0.29) is 17.7 Å². The summed E-state index contributed by atoms with van der Waals surface area (Å²) in [6.45, 7) is 1.67. The van der Waals surface area contributed by atoms with Crippen LogP contribution in [0.5, 0.6) is 0 Å². The zero-order chi connectivity index (χ0) is 24.1. The molecule has 0 radical (unpaired) electrons. The number of ether oxygens (including phenoxy) is 1. The number of H-pyrrole nitrogens is 1. The van der Waals surface area contributed by atoms with Gasteiger partial charge in [-0.05, 0) is 31.0 Å². The summed E-state index contributed by atoms with van der Waals surface area (Å²) in [7, 11) is 1.53. The molecule has 1 fully saturated rings. The fraction of sp³-hybridized carbons (Fsp3) is 0.280. The Morgan fingerprint density at radius 2 is 2.09 bits per heavy atom. The molecule has 0 saturated heterocycles. The summed E-state index contributed by atoms with van der Waals surface area (Å²) in [5.74, 6) is 0.193. The van der Waals surface area contributed by atoms with Gasteiger partial charge in [-0.25, -0.2) is 14.4 Å². The molecular weight excluding hydrogens is 451 g/mol. The molecule has 9 nitrogen and oxygen atoms in total. The van der Waals surface area contributed by atoms with Crippen molar-refractivity contribution in [2.75, 3.05) is 19.0 Å². The number of aromatic amines is 1. The first kappa shape index (κ1) is 21.5. The second kappa shape index (κ2) is 8.31. The van der Waals surface area contributed by atoms with Crippen molar-refractivity contribution in [3.8, 4) is 22.5 Å². The van der Waals surface area contributed by atoms with Gasteiger partial charge in [-0.15, -0.1) is 0 Å². The zero-order valence-electron chi connectivity index (χ0n) is 19.0. The smallest absolute Gasteiger partial charge is 0.253 e. The first-order valence-corrected chi connectivity index (χ1v) is 11.5. The first-order valence-electron chi connectivity index (χ1n) is 11.5. The number of halogens is 1. The number of carbonyl (C=O) groups is 2. The van der Waals surface area contributed by atoms with E-state index in [1.54, 1.807) is 24.3 Å². The molecule has 6 rings (SSSR count). The Hall–Kier alpha value is -4.05. The van der Waals surface area contributed by atoms with Crippen LogP contribution < -0.4 is 10.6 Å². The van der Waals surface area contributed by atoms with Crippen LogP contribution in [0.25, 0.3) is 33.4 Å². The molecule has 2 aliphatic rings. The van der Waals surface area contributed by atoms with Crippen molar-refractivity contribution in [3.05, 3.63) is 53.9 Å². The van der Waals surface area contributed by atoms with E-state index in [0.717, 1.165) is 18.7 Å². The predicted octanol–water partition coefficient (Wildman–Crippen LogP) is 3.47. The van der Waals surface area contributed by atoms with Crippen LogP contribution in [0.3, 0.4) is 0 Å². The highest BCUT2D eigenvalue weighted by Gasteiger charge is 2.30. The van der Waals surface area contributed by atoms with Gasteiger partial charge in [-0.2, -0.15) is 0 Å². The number of nitrogens with one attached hydrogen (secondary N) is 3. The van der Waals surface area contributed by atoms with Crippen molar-refractivity contribution in [3.63, 3.8) is 0 Å². The quantitative estimate of drug-likeness (QED) is 0.410. The van der Waals surface area contributed by atoms with Crippen LogP contribution in [0.2, 0.25) is 0 Å². The summed E-state index contributed by atoms with van der Waals surface area (Å²) in [6.07, 6.45) is 4.96. The molecule has 35 heavy (non-hydrogen) atoms. The van der Waals surface area contributed by atoms with Gasteiger partial charge in [0.25, 0.3) is 5.91 Å². The van der Waals surface area contributed by atoms with Gasteiger partial charge in [0.15, 0.2) is 5.82 Å². The van der Waals surface area contributed by atoms with Gasteiger partial charge in [0, 0.05) is 54.1 Å². The third kappa shape index (κ3) is 3.75. The minimum atomic E-state index is -0.437. The van der Waals surface area contributed by atoms with Crippen molar-refractivity contribution in [1.29, 1.82) is 0 Å². The minimum absolute atomic E-state index is 0.0137. The highest BCUT2D eigenvalue weighted by molar-refractivity contribution is 6.11. The number of benzene rings is 1. The maximum atomic E-state index is 15.8. The van der Waals surface area contributed by atoms with Gasteiger partial charge in [0.05, 0.1) is 23.4 Å². The third-order valence-corrected chi connectivity index (χ3v) is 6.46. The molecule has 4 heterocycles. The Balaban J connectivity index is 1.46. The number of carbonyl (C=O) groups excluding carboxylic acids is 2. The van der Waals surface area contributed by atoms with Crippen LogP contribution in [0.15, 0.2) is 36.7 Å². The number of hydrogen-bond donors (Lipinski definition) is 3. The average Bonchev–Trinajstić information content (AvgIpc) is 3.48. The van der Waals surface area contributed by atoms with E-state index in [9.17, 15) is 9.59 Å². The minimum Gasteiger partial charge on any atom is -0.372 e. The van der Waals surface area contributed by atoms with Crippen LogP contribution >= 0.6 is 0 Å². The SMILES string of the molecule is CNC(=O)c1cnc(NC(=O)C2CC2)c2[nH]c(-c3cccc(-c4cn5c(n4)COCC5)c3F)cc12. The van der Waals surface area contributed by atoms with Crippen LogP contribution in [-0.2, 0) is 22.7 Å². The van der Waals surface area contributed by atoms with E-state index in [1.165, 1.54) is 13.2 Å². The normalized spacial score (nSPS) is 15.1. The molecule has 178 valence electrons. The summed E-state index contributed by atoms with van der Waals surface area (Å²) < 4.78 is 23.2. The van der Waals surface area contributed by atoms with Gasteiger partial charge in [0.1, 0.15) is 18.2 Å². The maximum Gasteiger partial charge on any atom is 0.253 e.